The van der Waals surface area contributed by atoms with E-state index in [1.165, 1.54) is 38.5 Å². The van der Waals surface area contributed by atoms with Crippen LogP contribution in [0.15, 0.2) is 0 Å². The second-order valence-corrected chi connectivity index (χ2v) is 9.86. The molecule has 5 rings (SSSR count). The van der Waals surface area contributed by atoms with Crippen molar-refractivity contribution < 1.29 is 19.7 Å². The lowest BCUT2D eigenvalue weighted by Crippen LogP contribution is -2.47. The molecule has 0 amide bonds. The molecular formula is C21H36ClNO4. The summed E-state index contributed by atoms with van der Waals surface area (Å²) in [6, 6.07) is 0. The Kier molecular flexibility index (Phi) is 7.10. The predicted molar refractivity (Wildman–Crippen MR) is 106 cm³/mol. The number of likely N-dealkylation sites (tertiary alicyclic amines) is 1. The summed E-state index contributed by atoms with van der Waals surface area (Å²) >= 11 is 0. The van der Waals surface area contributed by atoms with Gasteiger partial charge in [-0.3, -0.25) is 4.79 Å². The fourth-order valence-corrected chi connectivity index (χ4v) is 6.76. The zero-order valence-electron chi connectivity index (χ0n) is 16.4. The van der Waals surface area contributed by atoms with E-state index in [9.17, 15) is 15.0 Å². The van der Waals surface area contributed by atoms with Gasteiger partial charge in [0.25, 0.3) is 0 Å². The van der Waals surface area contributed by atoms with E-state index in [4.69, 9.17) is 4.74 Å². The van der Waals surface area contributed by atoms with Crippen LogP contribution >= 0.6 is 12.4 Å². The maximum atomic E-state index is 12.4. The molecule has 1 aliphatic heterocycles. The van der Waals surface area contributed by atoms with Crippen molar-refractivity contribution in [2.45, 2.75) is 63.9 Å². The van der Waals surface area contributed by atoms with Gasteiger partial charge in [0, 0.05) is 13.2 Å². The molecule has 0 aromatic rings. The Morgan fingerprint density at radius 3 is 2.15 bits per heavy atom. The summed E-state index contributed by atoms with van der Waals surface area (Å²) in [5.74, 6) is 2.84. The van der Waals surface area contributed by atoms with Crippen molar-refractivity contribution in [1.29, 1.82) is 0 Å². The summed E-state index contributed by atoms with van der Waals surface area (Å²) in [6.07, 6.45) is 9.74. The molecule has 0 radical (unpaired) electrons. The van der Waals surface area contributed by atoms with Crippen molar-refractivity contribution in [3.8, 4) is 0 Å². The lowest BCUT2D eigenvalue weighted by molar-refractivity contribution is -0.155. The maximum absolute atomic E-state index is 12.4. The number of aliphatic hydroxyl groups excluding tert-OH is 2. The Labute approximate surface area is 169 Å². The highest BCUT2D eigenvalue weighted by Crippen LogP contribution is 2.61. The molecule has 1 unspecified atom stereocenters. The fraction of sp³-hybridized carbons (Fsp3) is 0.952. The summed E-state index contributed by atoms with van der Waals surface area (Å²) in [5.41, 5.74) is 0.211. The van der Waals surface area contributed by atoms with E-state index in [2.05, 4.69) is 4.90 Å². The molecule has 4 saturated carbocycles. The number of hydrogen-bond donors (Lipinski definition) is 2. The van der Waals surface area contributed by atoms with Crippen LogP contribution < -0.4 is 0 Å². The number of carbonyl (C=O) groups is 1. The predicted octanol–water partition coefficient (Wildman–Crippen LogP) is 2.62. The van der Waals surface area contributed by atoms with Crippen LogP contribution in [0.5, 0.6) is 0 Å². The van der Waals surface area contributed by atoms with Crippen LogP contribution in [-0.4, -0.2) is 60.0 Å². The van der Waals surface area contributed by atoms with Crippen molar-refractivity contribution in [3.63, 3.8) is 0 Å². The van der Waals surface area contributed by atoms with E-state index >= 15 is 0 Å². The molecule has 2 N–H and O–H groups in total. The van der Waals surface area contributed by atoms with Gasteiger partial charge in [0.05, 0.1) is 6.42 Å². The molecule has 0 aromatic heterocycles. The van der Waals surface area contributed by atoms with Crippen LogP contribution in [0.25, 0.3) is 0 Å². The monoisotopic (exact) mass is 401 g/mol. The first kappa shape index (κ1) is 21.4. The number of carbonyl (C=O) groups excluding carboxylic acids is 1. The average Bonchev–Trinajstić information content (AvgIpc) is 2.59. The average molecular weight is 402 g/mol. The first-order valence-electron chi connectivity index (χ1n) is 10.7. The number of piperidine rings is 1. The molecule has 156 valence electrons. The Bertz CT molecular complexity index is 471. The zero-order valence-corrected chi connectivity index (χ0v) is 17.2. The minimum Gasteiger partial charge on any atom is -0.463 e. The lowest BCUT2D eigenvalue weighted by Gasteiger charge is -2.56. The van der Waals surface area contributed by atoms with Crippen molar-refractivity contribution in [3.05, 3.63) is 0 Å². The SMILES string of the molecule is Cl.O=C(CC12CC3CC(CC(C3)C1)C2)OCC(O)CN1CCC(CO)CC1. The summed E-state index contributed by atoms with van der Waals surface area (Å²) in [6.45, 7) is 2.75. The molecule has 27 heavy (non-hydrogen) atoms. The first-order chi connectivity index (χ1) is 12.5. The molecule has 0 spiro atoms. The van der Waals surface area contributed by atoms with Crippen molar-refractivity contribution in [1.82, 2.24) is 4.90 Å². The zero-order chi connectivity index (χ0) is 18.1. The van der Waals surface area contributed by atoms with Gasteiger partial charge in [-0.15, -0.1) is 12.4 Å². The Morgan fingerprint density at radius 2 is 1.63 bits per heavy atom. The van der Waals surface area contributed by atoms with E-state index in [0.717, 1.165) is 43.7 Å². The number of β-amino-alcohol motifs (C(OH)–C–C–N with tert-alkyl or cyclic N) is 1. The first-order valence-corrected chi connectivity index (χ1v) is 10.7. The number of rotatable bonds is 7. The normalized spacial score (nSPS) is 37.0. The third kappa shape index (κ3) is 5.17. The minimum atomic E-state index is -0.610. The highest BCUT2D eigenvalue weighted by atomic mass is 35.5. The molecule has 5 aliphatic rings. The van der Waals surface area contributed by atoms with Gasteiger partial charge in [0.2, 0.25) is 0 Å². The van der Waals surface area contributed by atoms with Gasteiger partial charge >= 0.3 is 5.97 Å². The van der Waals surface area contributed by atoms with E-state index in [0.29, 0.717) is 18.9 Å². The molecule has 0 aromatic carbocycles. The van der Waals surface area contributed by atoms with Gasteiger partial charge in [-0.1, -0.05) is 0 Å². The van der Waals surface area contributed by atoms with Gasteiger partial charge in [0.1, 0.15) is 12.7 Å². The van der Waals surface area contributed by atoms with Crippen LogP contribution in [-0.2, 0) is 9.53 Å². The van der Waals surface area contributed by atoms with E-state index < -0.39 is 6.10 Å². The summed E-state index contributed by atoms with van der Waals surface area (Å²) < 4.78 is 5.47. The van der Waals surface area contributed by atoms with Crippen LogP contribution in [0.2, 0.25) is 0 Å². The van der Waals surface area contributed by atoms with Gasteiger partial charge < -0.3 is 19.8 Å². The molecule has 4 aliphatic carbocycles. The molecule has 1 heterocycles. The maximum Gasteiger partial charge on any atom is 0.306 e. The topological polar surface area (TPSA) is 70.0 Å². The smallest absolute Gasteiger partial charge is 0.306 e. The summed E-state index contributed by atoms with van der Waals surface area (Å²) in [4.78, 5) is 14.6. The second-order valence-electron chi connectivity index (χ2n) is 9.86. The number of ether oxygens (including phenoxy) is 1. The third-order valence-corrected chi connectivity index (χ3v) is 7.56. The van der Waals surface area contributed by atoms with Crippen LogP contribution in [0, 0.1) is 29.1 Å². The van der Waals surface area contributed by atoms with Gasteiger partial charge in [-0.2, -0.15) is 0 Å². The highest BCUT2D eigenvalue weighted by molar-refractivity contribution is 5.85. The van der Waals surface area contributed by atoms with E-state index in [1.807, 2.05) is 0 Å². The Balaban J connectivity index is 0.00000210. The van der Waals surface area contributed by atoms with Crippen LogP contribution in [0.4, 0.5) is 0 Å². The molecule has 6 heteroatoms. The Hall–Kier alpha value is -0.360. The Morgan fingerprint density at radius 1 is 1.07 bits per heavy atom. The molecule has 1 saturated heterocycles. The van der Waals surface area contributed by atoms with Crippen molar-refractivity contribution >= 4 is 18.4 Å². The van der Waals surface area contributed by atoms with E-state index in [-0.39, 0.29) is 37.0 Å². The summed E-state index contributed by atoms with van der Waals surface area (Å²) in [7, 11) is 0. The number of nitrogens with zero attached hydrogens (tertiary/aromatic N) is 1. The fourth-order valence-electron chi connectivity index (χ4n) is 6.76. The van der Waals surface area contributed by atoms with Crippen molar-refractivity contribution in [2.24, 2.45) is 29.1 Å². The van der Waals surface area contributed by atoms with Gasteiger partial charge in [0.15, 0.2) is 0 Å². The van der Waals surface area contributed by atoms with Crippen molar-refractivity contribution in [2.75, 3.05) is 32.8 Å². The van der Waals surface area contributed by atoms with Gasteiger partial charge in [-0.05, 0) is 93.5 Å². The molecular weight excluding hydrogens is 366 g/mol. The molecule has 5 nitrogen and oxygen atoms in total. The number of aliphatic hydroxyl groups is 2. The standard InChI is InChI=1S/C21H35NO4.ClH/c23-13-15-1-3-22(4-2-15)12-19(24)14-26-20(25)11-21-8-16-5-17(9-21)7-18(6-16)10-21;/h15-19,23-24H,1-14H2;1H. The van der Waals surface area contributed by atoms with E-state index in [1.54, 1.807) is 0 Å². The lowest BCUT2D eigenvalue weighted by atomic mass is 9.49. The molecule has 1 atom stereocenters. The number of hydrogen-bond acceptors (Lipinski definition) is 5. The van der Waals surface area contributed by atoms with Crippen LogP contribution in [0.1, 0.15) is 57.8 Å². The second kappa shape index (κ2) is 8.98. The molecule has 4 bridgehead atoms. The van der Waals surface area contributed by atoms with Gasteiger partial charge in [-0.25, -0.2) is 0 Å². The third-order valence-electron chi connectivity index (χ3n) is 7.56. The van der Waals surface area contributed by atoms with Crippen LogP contribution in [0.3, 0.4) is 0 Å². The minimum absolute atomic E-state index is 0. The number of halogens is 1. The molecule has 5 fully saturated rings. The highest BCUT2D eigenvalue weighted by Gasteiger charge is 2.51. The summed E-state index contributed by atoms with van der Waals surface area (Å²) in [5, 5.41) is 19.4. The number of esters is 1. The quantitative estimate of drug-likeness (QED) is 0.642. The largest absolute Gasteiger partial charge is 0.463 e.